The van der Waals surface area contributed by atoms with Crippen molar-refractivity contribution in [1.29, 1.82) is 0 Å². The lowest BCUT2D eigenvalue weighted by Gasteiger charge is -2.20. The maximum atomic E-state index is 12.2. The van der Waals surface area contributed by atoms with E-state index in [1.165, 1.54) is 0 Å². The van der Waals surface area contributed by atoms with Gasteiger partial charge in [-0.25, -0.2) is 0 Å². The van der Waals surface area contributed by atoms with Crippen LogP contribution in [0.1, 0.15) is 43.7 Å². The molecule has 1 fully saturated rings. The smallest absolute Gasteiger partial charge is 0.305 e. The van der Waals surface area contributed by atoms with Crippen molar-refractivity contribution < 1.29 is 14.7 Å². The number of carbonyl (C=O) groups is 2. The molecule has 1 aliphatic carbocycles. The summed E-state index contributed by atoms with van der Waals surface area (Å²) in [5.41, 5.74) is 0.655. The van der Waals surface area contributed by atoms with Gasteiger partial charge in [0.15, 0.2) is 0 Å². The molecule has 0 saturated heterocycles. The van der Waals surface area contributed by atoms with Crippen LogP contribution in [0.4, 0.5) is 0 Å². The van der Waals surface area contributed by atoms with E-state index in [9.17, 15) is 9.59 Å². The molecule has 2 N–H and O–H groups in total. The maximum Gasteiger partial charge on any atom is 0.305 e. The number of carboxylic acid groups (broad SMARTS) is 1. The summed E-state index contributed by atoms with van der Waals surface area (Å²) in [6.45, 7) is 0. The first-order valence-electron chi connectivity index (χ1n) is 6.84. The number of hydrogen-bond acceptors (Lipinski definition) is 2. The van der Waals surface area contributed by atoms with Gasteiger partial charge in [-0.3, -0.25) is 9.59 Å². The molecular weight excluding hydrogens is 278 g/mol. The number of aliphatic carboxylic acids is 1. The molecule has 1 aliphatic rings. The topological polar surface area (TPSA) is 66.4 Å². The van der Waals surface area contributed by atoms with Crippen molar-refractivity contribution >= 4 is 23.5 Å². The third-order valence-electron chi connectivity index (χ3n) is 3.70. The van der Waals surface area contributed by atoms with Crippen LogP contribution in [-0.2, 0) is 9.59 Å². The zero-order valence-electron chi connectivity index (χ0n) is 11.1. The summed E-state index contributed by atoms with van der Waals surface area (Å²) in [7, 11) is 0. The Labute approximate surface area is 123 Å². The number of rotatable bonds is 5. The van der Waals surface area contributed by atoms with Crippen LogP contribution in [0.25, 0.3) is 0 Å². The van der Waals surface area contributed by atoms with Crippen LogP contribution in [-0.4, -0.2) is 17.0 Å². The molecule has 1 aromatic carbocycles. The lowest BCUT2D eigenvalue weighted by Crippen LogP contribution is -2.34. The number of carbonyl (C=O) groups excluding carboxylic acids is 1. The fourth-order valence-corrected chi connectivity index (χ4v) is 2.92. The quantitative estimate of drug-likeness (QED) is 0.877. The first-order chi connectivity index (χ1) is 9.58. The van der Waals surface area contributed by atoms with Gasteiger partial charge in [0.25, 0.3) is 0 Å². The molecule has 108 valence electrons. The van der Waals surface area contributed by atoms with Crippen LogP contribution in [0.2, 0.25) is 5.02 Å². The van der Waals surface area contributed by atoms with Crippen LogP contribution < -0.4 is 5.32 Å². The first kappa shape index (κ1) is 14.9. The van der Waals surface area contributed by atoms with E-state index in [2.05, 4.69) is 5.32 Å². The van der Waals surface area contributed by atoms with E-state index in [4.69, 9.17) is 16.7 Å². The fourth-order valence-electron chi connectivity index (χ4n) is 2.65. The minimum Gasteiger partial charge on any atom is -0.481 e. The van der Waals surface area contributed by atoms with Gasteiger partial charge in [-0.1, -0.05) is 42.6 Å². The SMILES string of the molecule is O=C(O)C[C@H](NC(=O)C1CCCC1)c1ccccc1Cl. The molecule has 5 heteroatoms. The zero-order valence-corrected chi connectivity index (χ0v) is 11.9. The second kappa shape index (κ2) is 6.75. The number of hydrogen-bond donors (Lipinski definition) is 2. The van der Waals surface area contributed by atoms with Gasteiger partial charge in [-0.05, 0) is 24.5 Å². The highest BCUT2D eigenvalue weighted by molar-refractivity contribution is 6.31. The van der Waals surface area contributed by atoms with Gasteiger partial charge in [0.05, 0.1) is 12.5 Å². The Morgan fingerprint density at radius 3 is 2.55 bits per heavy atom. The summed E-state index contributed by atoms with van der Waals surface area (Å²) in [6, 6.07) is 6.45. The summed E-state index contributed by atoms with van der Waals surface area (Å²) in [5, 5.41) is 12.3. The summed E-state index contributed by atoms with van der Waals surface area (Å²) in [6.07, 6.45) is 3.73. The fraction of sp³-hybridized carbons (Fsp3) is 0.467. The van der Waals surface area contributed by atoms with Crippen molar-refractivity contribution in [2.24, 2.45) is 5.92 Å². The van der Waals surface area contributed by atoms with E-state index in [1.54, 1.807) is 24.3 Å². The third kappa shape index (κ3) is 3.73. The zero-order chi connectivity index (χ0) is 14.5. The Morgan fingerprint density at radius 1 is 1.30 bits per heavy atom. The Hall–Kier alpha value is -1.55. The molecule has 1 saturated carbocycles. The highest BCUT2D eigenvalue weighted by Gasteiger charge is 2.27. The molecule has 0 aromatic heterocycles. The van der Waals surface area contributed by atoms with Crippen molar-refractivity contribution in [3.8, 4) is 0 Å². The second-order valence-electron chi connectivity index (χ2n) is 5.16. The van der Waals surface area contributed by atoms with Crippen LogP contribution in [0.15, 0.2) is 24.3 Å². The minimum atomic E-state index is -0.957. The lowest BCUT2D eigenvalue weighted by atomic mass is 10.0. The molecule has 0 bridgehead atoms. The van der Waals surface area contributed by atoms with Crippen LogP contribution in [0.3, 0.4) is 0 Å². The van der Waals surface area contributed by atoms with Crippen LogP contribution >= 0.6 is 11.6 Å². The van der Waals surface area contributed by atoms with Crippen molar-refractivity contribution in [3.63, 3.8) is 0 Å². The number of nitrogens with one attached hydrogen (secondary N) is 1. The van der Waals surface area contributed by atoms with Crippen molar-refractivity contribution in [2.75, 3.05) is 0 Å². The lowest BCUT2D eigenvalue weighted by molar-refractivity contribution is -0.137. The molecule has 4 nitrogen and oxygen atoms in total. The molecule has 20 heavy (non-hydrogen) atoms. The molecular formula is C15H18ClNO3. The Balaban J connectivity index is 2.13. The van der Waals surface area contributed by atoms with Gasteiger partial charge >= 0.3 is 5.97 Å². The standard InChI is InChI=1S/C15H18ClNO3/c16-12-8-4-3-7-11(12)13(9-14(18)19)17-15(20)10-5-1-2-6-10/h3-4,7-8,10,13H,1-2,5-6,9H2,(H,17,20)(H,18,19)/t13-/m0/s1. The number of halogens is 1. The second-order valence-corrected chi connectivity index (χ2v) is 5.57. The Kier molecular flexibility index (Phi) is 5.01. The minimum absolute atomic E-state index is 0.00813. The highest BCUT2D eigenvalue weighted by atomic mass is 35.5. The van der Waals surface area contributed by atoms with E-state index >= 15 is 0 Å². The predicted octanol–water partition coefficient (Wildman–Crippen LogP) is 3.16. The van der Waals surface area contributed by atoms with Crippen molar-refractivity contribution in [1.82, 2.24) is 5.32 Å². The van der Waals surface area contributed by atoms with Crippen LogP contribution in [0, 0.1) is 5.92 Å². The Bertz CT molecular complexity index is 498. The molecule has 1 atom stereocenters. The summed E-state index contributed by atoms with van der Waals surface area (Å²) < 4.78 is 0. The van der Waals surface area contributed by atoms with Crippen molar-refractivity contribution in [2.45, 2.75) is 38.1 Å². The maximum absolute atomic E-state index is 12.2. The average Bonchev–Trinajstić information content (AvgIpc) is 2.92. The van der Waals surface area contributed by atoms with Gasteiger partial charge in [0, 0.05) is 10.9 Å². The number of amides is 1. The van der Waals surface area contributed by atoms with E-state index < -0.39 is 12.0 Å². The molecule has 0 unspecified atom stereocenters. The molecule has 1 aromatic rings. The van der Waals surface area contributed by atoms with Crippen molar-refractivity contribution in [3.05, 3.63) is 34.9 Å². The van der Waals surface area contributed by atoms with Gasteiger partial charge < -0.3 is 10.4 Å². The summed E-state index contributed by atoms with van der Waals surface area (Å²) in [4.78, 5) is 23.2. The number of benzene rings is 1. The third-order valence-corrected chi connectivity index (χ3v) is 4.05. The molecule has 0 radical (unpaired) electrons. The van der Waals surface area contributed by atoms with Gasteiger partial charge in [-0.2, -0.15) is 0 Å². The normalized spacial score (nSPS) is 16.9. The van der Waals surface area contributed by atoms with E-state index in [1.807, 2.05) is 0 Å². The number of carboxylic acids is 1. The van der Waals surface area contributed by atoms with Gasteiger partial charge in [-0.15, -0.1) is 0 Å². The van der Waals surface area contributed by atoms with Crippen LogP contribution in [0.5, 0.6) is 0 Å². The predicted molar refractivity (Wildman–Crippen MR) is 76.5 cm³/mol. The largest absolute Gasteiger partial charge is 0.481 e. The first-order valence-corrected chi connectivity index (χ1v) is 7.22. The highest BCUT2D eigenvalue weighted by Crippen LogP contribution is 2.28. The van der Waals surface area contributed by atoms with E-state index in [0.29, 0.717) is 10.6 Å². The van der Waals surface area contributed by atoms with Gasteiger partial charge in [0.2, 0.25) is 5.91 Å². The van der Waals surface area contributed by atoms with E-state index in [0.717, 1.165) is 25.7 Å². The molecule has 0 aliphatic heterocycles. The molecule has 2 rings (SSSR count). The van der Waals surface area contributed by atoms with E-state index in [-0.39, 0.29) is 18.2 Å². The monoisotopic (exact) mass is 295 g/mol. The molecule has 0 heterocycles. The summed E-state index contributed by atoms with van der Waals surface area (Å²) in [5.74, 6) is -1.01. The molecule has 0 spiro atoms. The Morgan fingerprint density at radius 2 is 1.95 bits per heavy atom. The average molecular weight is 296 g/mol. The van der Waals surface area contributed by atoms with Gasteiger partial charge in [0.1, 0.15) is 0 Å². The summed E-state index contributed by atoms with van der Waals surface area (Å²) >= 11 is 6.10. The molecule has 1 amide bonds.